The first-order chi connectivity index (χ1) is 3.60. The summed E-state index contributed by atoms with van der Waals surface area (Å²) in [7, 11) is 1.91. The quantitative estimate of drug-likeness (QED) is 0.466. The molecule has 1 unspecified atom stereocenters. The van der Waals surface area contributed by atoms with Crippen LogP contribution in [0.1, 0.15) is 6.92 Å². The highest BCUT2D eigenvalue weighted by Crippen LogP contribution is 2.05. The molecule has 0 aromatic rings. The van der Waals surface area contributed by atoms with Crippen LogP contribution in [0.2, 0.25) is 0 Å². The Morgan fingerprint density at radius 1 is 1.88 bits per heavy atom. The maximum Gasteiger partial charge on any atom is 0.0696 e. The van der Waals surface area contributed by atoms with Gasteiger partial charge in [-0.3, -0.25) is 5.01 Å². The van der Waals surface area contributed by atoms with Crippen LogP contribution in [0, 0.1) is 0 Å². The highest BCUT2D eigenvalue weighted by molar-refractivity contribution is 5.71. The standard InChI is InChI=1S/C5H11N3/c1-5(6)3-7-8(2)4-5/h3H,4,6H2,1-2H3. The molecule has 8 heavy (non-hydrogen) atoms. The molecule has 1 heterocycles. The molecule has 1 atom stereocenters. The summed E-state index contributed by atoms with van der Waals surface area (Å²) in [6.45, 7) is 2.78. The van der Waals surface area contributed by atoms with E-state index in [9.17, 15) is 0 Å². The van der Waals surface area contributed by atoms with Gasteiger partial charge in [0.2, 0.25) is 0 Å². The number of nitrogens with two attached hydrogens (primary N) is 1. The van der Waals surface area contributed by atoms with Gasteiger partial charge in [0.05, 0.1) is 12.1 Å². The molecule has 0 aromatic carbocycles. The third-order valence-electron chi connectivity index (χ3n) is 1.12. The van der Waals surface area contributed by atoms with Crippen LogP contribution in [0.15, 0.2) is 5.10 Å². The van der Waals surface area contributed by atoms with E-state index in [0.717, 1.165) is 6.54 Å². The summed E-state index contributed by atoms with van der Waals surface area (Å²) in [4.78, 5) is 0. The van der Waals surface area contributed by atoms with Crippen molar-refractivity contribution in [3.8, 4) is 0 Å². The first kappa shape index (κ1) is 5.56. The largest absolute Gasteiger partial charge is 0.319 e. The molecule has 3 heteroatoms. The summed E-state index contributed by atoms with van der Waals surface area (Å²) >= 11 is 0. The van der Waals surface area contributed by atoms with Gasteiger partial charge in [-0.1, -0.05) is 0 Å². The van der Waals surface area contributed by atoms with E-state index in [1.165, 1.54) is 0 Å². The number of hydrogen-bond acceptors (Lipinski definition) is 3. The zero-order valence-corrected chi connectivity index (χ0v) is 5.26. The molecule has 0 saturated carbocycles. The van der Waals surface area contributed by atoms with Gasteiger partial charge in [-0.05, 0) is 6.92 Å². The van der Waals surface area contributed by atoms with Crippen molar-refractivity contribution in [1.29, 1.82) is 0 Å². The molecule has 46 valence electrons. The van der Waals surface area contributed by atoms with Crippen LogP contribution in [0.3, 0.4) is 0 Å². The van der Waals surface area contributed by atoms with Crippen molar-refractivity contribution in [2.45, 2.75) is 12.5 Å². The van der Waals surface area contributed by atoms with Crippen molar-refractivity contribution in [2.75, 3.05) is 13.6 Å². The minimum Gasteiger partial charge on any atom is -0.319 e. The van der Waals surface area contributed by atoms with Crippen LogP contribution in [0.25, 0.3) is 0 Å². The topological polar surface area (TPSA) is 41.6 Å². The second kappa shape index (κ2) is 1.45. The fraction of sp³-hybridized carbons (Fsp3) is 0.800. The fourth-order valence-corrected chi connectivity index (χ4v) is 0.805. The lowest BCUT2D eigenvalue weighted by Crippen LogP contribution is -2.41. The molecular formula is C5H11N3. The van der Waals surface area contributed by atoms with E-state index in [4.69, 9.17) is 5.73 Å². The Kier molecular flexibility index (Phi) is 1.01. The van der Waals surface area contributed by atoms with Gasteiger partial charge in [0, 0.05) is 13.3 Å². The Labute approximate surface area is 49.2 Å². The third kappa shape index (κ3) is 0.980. The second-order valence-corrected chi connectivity index (χ2v) is 2.57. The number of nitrogens with zero attached hydrogens (tertiary/aromatic N) is 2. The second-order valence-electron chi connectivity index (χ2n) is 2.57. The molecule has 0 aromatic heterocycles. The van der Waals surface area contributed by atoms with E-state index in [-0.39, 0.29) is 5.54 Å². The average Bonchev–Trinajstić information content (AvgIpc) is 1.82. The van der Waals surface area contributed by atoms with Gasteiger partial charge in [-0.2, -0.15) is 5.10 Å². The Bertz CT molecular complexity index is 117. The summed E-state index contributed by atoms with van der Waals surface area (Å²) in [6.07, 6.45) is 1.77. The zero-order valence-electron chi connectivity index (χ0n) is 5.26. The maximum absolute atomic E-state index is 5.68. The molecule has 0 radical (unpaired) electrons. The van der Waals surface area contributed by atoms with Gasteiger partial charge in [-0.25, -0.2) is 0 Å². The third-order valence-corrected chi connectivity index (χ3v) is 1.12. The van der Waals surface area contributed by atoms with Gasteiger partial charge >= 0.3 is 0 Å². The van der Waals surface area contributed by atoms with Crippen molar-refractivity contribution < 1.29 is 0 Å². The number of likely N-dealkylation sites (N-methyl/N-ethyl adjacent to an activating group) is 1. The lowest BCUT2D eigenvalue weighted by molar-refractivity contribution is 0.349. The van der Waals surface area contributed by atoms with Crippen molar-refractivity contribution in [3.63, 3.8) is 0 Å². The number of rotatable bonds is 0. The van der Waals surface area contributed by atoms with E-state index in [0.29, 0.717) is 0 Å². The molecule has 3 nitrogen and oxygen atoms in total. The first-order valence-corrected chi connectivity index (χ1v) is 2.65. The van der Waals surface area contributed by atoms with Crippen molar-refractivity contribution in [1.82, 2.24) is 5.01 Å². The van der Waals surface area contributed by atoms with E-state index in [1.807, 2.05) is 19.0 Å². The normalized spacial score (nSPS) is 36.6. The Morgan fingerprint density at radius 3 is 2.62 bits per heavy atom. The first-order valence-electron chi connectivity index (χ1n) is 2.65. The molecule has 0 spiro atoms. The predicted octanol–water partition coefficient (Wildman–Crippen LogP) is -0.365. The summed E-state index contributed by atoms with van der Waals surface area (Å²) in [5.41, 5.74) is 5.48. The SMILES string of the molecule is CN1CC(C)(N)C=N1. The van der Waals surface area contributed by atoms with Crippen molar-refractivity contribution in [3.05, 3.63) is 0 Å². The Morgan fingerprint density at radius 2 is 2.50 bits per heavy atom. The van der Waals surface area contributed by atoms with Crippen LogP contribution in [-0.2, 0) is 0 Å². The van der Waals surface area contributed by atoms with E-state index in [1.54, 1.807) is 6.21 Å². The molecule has 0 saturated heterocycles. The lowest BCUT2D eigenvalue weighted by atomic mass is 10.1. The van der Waals surface area contributed by atoms with Gasteiger partial charge in [0.15, 0.2) is 0 Å². The monoisotopic (exact) mass is 113 g/mol. The van der Waals surface area contributed by atoms with E-state index >= 15 is 0 Å². The average molecular weight is 113 g/mol. The maximum atomic E-state index is 5.68. The minimum absolute atomic E-state index is 0.200. The smallest absolute Gasteiger partial charge is 0.0696 e. The van der Waals surface area contributed by atoms with E-state index < -0.39 is 0 Å². The van der Waals surface area contributed by atoms with Gasteiger partial charge < -0.3 is 5.73 Å². The lowest BCUT2D eigenvalue weighted by Gasteiger charge is -2.14. The molecule has 0 amide bonds. The van der Waals surface area contributed by atoms with E-state index in [2.05, 4.69) is 5.10 Å². The number of hydrogen-bond donors (Lipinski definition) is 1. The molecule has 0 aliphatic carbocycles. The molecule has 1 rings (SSSR count). The predicted molar refractivity (Wildman–Crippen MR) is 33.7 cm³/mol. The molecule has 0 bridgehead atoms. The van der Waals surface area contributed by atoms with Crippen LogP contribution < -0.4 is 5.73 Å². The highest BCUT2D eigenvalue weighted by Gasteiger charge is 2.22. The Balaban J connectivity index is 2.58. The van der Waals surface area contributed by atoms with Crippen molar-refractivity contribution in [2.24, 2.45) is 10.8 Å². The molecule has 0 fully saturated rings. The highest BCUT2D eigenvalue weighted by atomic mass is 15.5. The van der Waals surface area contributed by atoms with Gasteiger partial charge in [0.25, 0.3) is 0 Å². The summed E-state index contributed by atoms with van der Waals surface area (Å²) in [5.74, 6) is 0. The molecule has 1 aliphatic heterocycles. The van der Waals surface area contributed by atoms with Crippen LogP contribution in [0.5, 0.6) is 0 Å². The summed E-state index contributed by atoms with van der Waals surface area (Å²) in [6, 6.07) is 0. The van der Waals surface area contributed by atoms with Crippen LogP contribution in [0.4, 0.5) is 0 Å². The van der Waals surface area contributed by atoms with Crippen LogP contribution >= 0.6 is 0 Å². The molecule has 1 aliphatic rings. The molecule has 2 N–H and O–H groups in total. The fourth-order valence-electron chi connectivity index (χ4n) is 0.805. The van der Waals surface area contributed by atoms with Gasteiger partial charge in [0.1, 0.15) is 0 Å². The molecular weight excluding hydrogens is 102 g/mol. The Hall–Kier alpha value is -0.570. The van der Waals surface area contributed by atoms with Crippen LogP contribution in [-0.4, -0.2) is 30.4 Å². The van der Waals surface area contributed by atoms with Crippen molar-refractivity contribution >= 4 is 6.21 Å². The summed E-state index contributed by atoms with van der Waals surface area (Å²) < 4.78 is 0. The van der Waals surface area contributed by atoms with Gasteiger partial charge in [-0.15, -0.1) is 0 Å². The number of hydrazone groups is 1. The summed E-state index contributed by atoms with van der Waals surface area (Å²) in [5, 5.41) is 5.81. The zero-order chi connectivity index (χ0) is 6.20. The minimum atomic E-state index is -0.200.